The first-order valence-electron chi connectivity index (χ1n) is 12.6. The third-order valence-corrected chi connectivity index (χ3v) is 6.25. The van der Waals surface area contributed by atoms with Crippen molar-refractivity contribution in [3.8, 4) is 34.2 Å². The lowest BCUT2D eigenvalue weighted by Gasteiger charge is -2.26. The predicted molar refractivity (Wildman–Crippen MR) is 167 cm³/mol. The Hall–Kier alpha value is -4.47. The van der Waals surface area contributed by atoms with Gasteiger partial charge in [0, 0.05) is 29.4 Å². The second-order valence-corrected chi connectivity index (χ2v) is 9.80. The number of hydrogen-bond donors (Lipinski definition) is 3. The zero-order chi connectivity index (χ0) is 29.7. The number of rotatable bonds is 9. The lowest BCUT2D eigenvalue weighted by molar-refractivity contribution is -0.120. The number of aromatic nitrogens is 1. The highest BCUT2D eigenvalue weighted by molar-refractivity contribution is 6.03. The molecule has 1 atom stereocenters. The van der Waals surface area contributed by atoms with Crippen molar-refractivity contribution in [3.05, 3.63) is 84.1 Å². The number of pyridine rings is 1. The second kappa shape index (κ2) is 15.1. The Morgan fingerprint density at radius 3 is 2.37 bits per heavy atom. The minimum Gasteiger partial charge on any atom is -0.507 e. The average molecular weight is 630 g/mol. The molecule has 0 saturated carbocycles. The van der Waals surface area contributed by atoms with E-state index in [1.54, 1.807) is 36.4 Å². The molecule has 10 nitrogen and oxygen atoms in total. The maximum atomic E-state index is 13.7. The number of nitrogens with one attached hydrogen (secondary N) is 2. The van der Waals surface area contributed by atoms with Crippen LogP contribution in [-0.2, 0) is 4.79 Å². The molecular weight excluding hydrogens is 598 g/mol. The highest BCUT2D eigenvalue weighted by Gasteiger charge is 2.23. The van der Waals surface area contributed by atoms with Crippen LogP contribution in [0.3, 0.4) is 0 Å². The molecule has 0 unspecified atom stereocenters. The van der Waals surface area contributed by atoms with E-state index in [0.29, 0.717) is 23.4 Å². The zero-order valence-electron chi connectivity index (χ0n) is 23.8. The van der Waals surface area contributed by atoms with Crippen molar-refractivity contribution < 1.29 is 23.5 Å². The van der Waals surface area contributed by atoms with E-state index in [1.807, 2.05) is 38.0 Å². The van der Waals surface area contributed by atoms with Crippen molar-refractivity contribution in [2.45, 2.75) is 6.04 Å². The number of furan rings is 1. The van der Waals surface area contributed by atoms with Gasteiger partial charge >= 0.3 is 0 Å². The Morgan fingerprint density at radius 1 is 1.02 bits per heavy atom. The van der Waals surface area contributed by atoms with Gasteiger partial charge in [-0.15, -0.1) is 24.8 Å². The van der Waals surface area contributed by atoms with Gasteiger partial charge in [0.1, 0.15) is 29.2 Å². The van der Waals surface area contributed by atoms with E-state index in [2.05, 4.69) is 21.7 Å². The molecule has 226 valence electrons. The first kappa shape index (κ1) is 34.7. The molecule has 0 radical (unpaired) electrons. The van der Waals surface area contributed by atoms with Crippen LogP contribution < -0.4 is 10.6 Å². The van der Waals surface area contributed by atoms with Crippen LogP contribution in [0.4, 0.5) is 15.9 Å². The van der Waals surface area contributed by atoms with Crippen LogP contribution in [0.5, 0.6) is 5.75 Å². The number of nitrogens with zero attached hydrogens (tertiary/aromatic N) is 4. The van der Waals surface area contributed by atoms with Gasteiger partial charge in [-0.2, -0.15) is 5.26 Å². The minimum atomic E-state index is -0.639. The number of benzene rings is 2. The normalized spacial score (nSPS) is 11.2. The van der Waals surface area contributed by atoms with Crippen molar-refractivity contribution in [2.75, 3.05) is 45.4 Å². The fraction of sp³-hybridized carbons (Fsp3) is 0.200. The van der Waals surface area contributed by atoms with Crippen LogP contribution in [0.15, 0.2) is 71.3 Å². The van der Waals surface area contributed by atoms with Crippen molar-refractivity contribution >= 4 is 48.1 Å². The van der Waals surface area contributed by atoms with Crippen molar-refractivity contribution in [1.29, 1.82) is 5.26 Å². The number of amides is 2. The Labute approximate surface area is 261 Å². The van der Waals surface area contributed by atoms with E-state index < -0.39 is 17.8 Å². The summed E-state index contributed by atoms with van der Waals surface area (Å²) in [4.78, 5) is 34.1. The molecule has 43 heavy (non-hydrogen) atoms. The van der Waals surface area contributed by atoms with Gasteiger partial charge in [-0.25, -0.2) is 9.37 Å². The van der Waals surface area contributed by atoms with E-state index in [4.69, 9.17) is 4.42 Å². The quantitative estimate of drug-likeness (QED) is 0.229. The van der Waals surface area contributed by atoms with Gasteiger partial charge in [0.25, 0.3) is 5.91 Å². The molecule has 0 aliphatic heterocycles. The molecule has 4 rings (SSSR count). The molecule has 4 aromatic rings. The first-order chi connectivity index (χ1) is 19.6. The summed E-state index contributed by atoms with van der Waals surface area (Å²) in [5, 5.41) is 26.1. The molecule has 0 fully saturated rings. The van der Waals surface area contributed by atoms with Crippen molar-refractivity contribution in [3.63, 3.8) is 0 Å². The van der Waals surface area contributed by atoms with Gasteiger partial charge in [0.15, 0.2) is 11.6 Å². The summed E-state index contributed by atoms with van der Waals surface area (Å²) in [6.07, 6.45) is 1.34. The van der Waals surface area contributed by atoms with Crippen molar-refractivity contribution in [2.24, 2.45) is 0 Å². The third-order valence-electron chi connectivity index (χ3n) is 6.25. The summed E-state index contributed by atoms with van der Waals surface area (Å²) < 4.78 is 18.9. The number of phenols is 1. The molecule has 0 aliphatic rings. The summed E-state index contributed by atoms with van der Waals surface area (Å²) in [5.74, 6) is -1.93. The van der Waals surface area contributed by atoms with Crippen molar-refractivity contribution in [1.82, 2.24) is 14.8 Å². The fourth-order valence-corrected chi connectivity index (χ4v) is 4.23. The molecular formula is C30H31Cl2FN6O4. The van der Waals surface area contributed by atoms with E-state index in [1.165, 1.54) is 24.5 Å². The maximum Gasteiger partial charge on any atom is 0.292 e. The number of carbonyl (C=O) groups excluding carboxylic acids is 2. The summed E-state index contributed by atoms with van der Waals surface area (Å²) in [6.45, 7) is 0.505. The van der Waals surface area contributed by atoms with E-state index in [0.717, 1.165) is 6.07 Å². The van der Waals surface area contributed by atoms with Crippen LogP contribution in [0.1, 0.15) is 16.1 Å². The molecule has 0 spiro atoms. The smallest absolute Gasteiger partial charge is 0.292 e. The Kier molecular flexibility index (Phi) is 12.2. The number of aromatic hydroxyl groups is 1. The molecule has 13 heteroatoms. The van der Waals surface area contributed by atoms with Gasteiger partial charge in [0.05, 0.1) is 12.0 Å². The van der Waals surface area contributed by atoms with Crippen LogP contribution in [0.2, 0.25) is 0 Å². The lowest BCUT2D eigenvalue weighted by atomic mass is 9.97. The van der Waals surface area contributed by atoms with Gasteiger partial charge in [-0.3, -0.25) is 14.5 Å². The predicted octanol–water partition coefficient (Wildman–Crippen LogP) is 5.25. The molecule has 2 aromatic carbocycles. The average Bonchev–Trinajstić information content (AvgIpc) is 3.46. The van der Waals surface area contributed by atoms with Crippen LogP contribution >= 0.6 is 24.8 Å². The Balaban J connectivity index is 0.00000323. The number of hydrogen-bond acceptors (Lipinski definition) is 8. The standard InChI is InChI=1S/C30H29FN6O4.2ClH/c1-36(2)17-25(37(3)4)29(39)33-20-8-5-7-18(13-20)22-15-24(21-11-10-19(31)14-26(21)38)34-28(23(22)16-32)35-30(40)27-9-6-12-41-27;;/h5-15,25,38H,17H2,1-4H3,(H,33,39)(H,34,35,40);2*1H/t25-;;/m0../s1. The third kappa shape index (κ3) is 8.30. The van der Waals surface area contributed by atoms with Gasteiger partial charge < -0.3 is 25.1 Å². The Morgan fingerprint density at radius 2 is 1.77 bits per heavy atom. The molecule has 0 aliphatic carbocycles. The largest absolute Gasteiger partial charge is 0.507 e. The molecule has 0 bridgehead atoms. The summed E-state index contributed by atoms with van der Waals surface area (Å²) in [5.41, 5.74) is 1.80. The van der Waals surface area contributed by atoms with Gasteiger partial charge in [-0.05, 0) is 76.2 Å². The SMILES string of the molecule is CN(C)C[C@@H](C(=O)Nc1cccc(-c2cc(-c3ccc(F)cc3O)nc(NC(=O)c3ccco3)c2C#N)c1)N(C)C.Cl.Cl. The number of likely N-dealkylation sites (N-methyl/N-ethyl adjacent to an activating group) is 2. The monoisotopic (exact) mass is 628 g/mol. The number of halogens is 3. The minimum absolute atomic E-state index is 0. The first-order valence-corrected chi connectivity index (χ1v) is 12.6. The summed E-state index contributed by atoms with van der Waals surface area (Å²) in [6, 6.07) is 16.6. The van der Waals surface area contributed by atoms with Crippen LogP contribution in [0.25, 0.3) is 22.4 Å². The van der Waals surface area contributed by atoms with E-state index in [9.17, 15) is 24.3 Å². The highest BCUT2D eigenvalue weighted by atomic mass is 35.5. The zero-order valence-corrected chi connectivity index (χ0v) is 25.4. The fourth-order valence-electron chi connectivity index (χ4n) is 4.23. The highest BCUT2D eigenvalue weighted by Crippen LogP contribution is 2.36. The van der Waals surface area contributed by atoms with E-state index >= 15 is 0 Å². The van der Waals surface area contributed by atoms with Gasteiger partial charge in [0.2, 0.25) is 5.91 Å². The van der Waals surface area contributed by atoms with Gasteiger partial charge in [-0.1, -0.05) is 12.1 Å². The molecule has 0 saturated heterocycles. The molecule has 2 amide bonds. The van der Waals surface area contributed by atoms with Crippen LogP contribution in [0, 0.1) is 17.1 Å². The molecule has 2 aromatic heterocycles. The maximum absolute atomic E-state index is 13.7. The number of phenolic OH excluding ortho intramolecular Hbond substituents is 1. The topological polar surface area (TPSA) is 135 Å². The molecule has 3 N–H and O–H groups in total. The van der Waals surface area contributed by atoms with Crippen LogP contribution in [-0.4, -0.2) is 72.5 Å². The Bertz CT molecular complexity index is 1620. The van der Waals surface area contributed by atoms with E-state index in [-0.39, 0.29) is 64.9 Å². The molecule has 2 heterocycles. The summed E-state index contributed by atoms with van der Waals surface area (Å²) in [7, 11) is 7.42. The second-order valence-electron chi connectivity index (χ2n) is 9.80. The summed E-state index contributed by atoms with van der Waals surface area (Å²) >= 11 is 0. The number of nitriles is 1. The number of anilines is 2. The lowest BCUT2D eigenvalue weighted by Crippen LogP contribution is -2.46. The number of carbonyl (C=O) groups is 2.